The van der Waals surface area contributed by atoms with Crippen LogP contribution in [0.2, 0.25) is 0 Å². The number of carbonyl (C=O) groups is 4. The molecule has 0 spiro atoms. The fraction of sp³-hybridized carbons (Fsp3) is 0.901. The molecule has 0 fully saturated rings. The van der Waals surface area contributed by atoms with Crippen LogP contribution in [-0.2, 0) is 65.4 Å². The Labute approximate surface area is 612 Å². The van der Waals surface area contributed by atoms with Gasteiger partial charge < -0.3 is 33.8 Å². The minimum absolute atomic E-state index is 0.102. The molecule has 0 heterocycles. The number of phosphoric ester groups is 2. The molecule has 3 N–H and O–H groups in total. The number of hydrogen-bond donors (Lipinski definition) is 3. The van der Waals surface area contributed by atoms with Crippen molar-refractivity contribution in [2.75, 3.05) is 39.6 Å². The molecular weight excluding hydrogens is 1310 g/mol. The Kier molecular flexibility index (Phi) is 70.3. The number of unbranched alkanes of at least 4 members (excludes halogenated alkanes) is 43. The van der Waals surface area contributed by atoms with Crippen molar-refractivity contribution in [1.29, 1.82) is 0 Å². The fourth-order valence-electron chi connectivity index (χ4n) is 11.9. The Balaban J connectivity index is 5.26. The third-order valence-corrected chi connectivity index (χ3v) is 21.0. The first kappa shape index (κ1) is 97.5. The van der Waals surface area contributed by atoms with Gasteiger partial charge in [0.25, 0.3) is 0 Å². The largest absolute Gasteiger partial charge is 0.472 e. The quantitative estimate of drug-likeness (QED) is 0.0169. The fourth-order valence-corrected chi connectivity index (χ4v) is 13.5. The molecule has 590 valence electrons. The molecule has 0 aromatic carbocycles. The van der Waals surface area contributed by atoms with Gasteiger partial charge in [-0.1, -0.05) is 348 Å². The number of aliphatic hydroxyl groups excluding tert-OH is 1. The zero-order chi connectivity index (χ0) is 73.5. The summed E-state index contributed by atoms with van der Waals surface area (Å²) in [6.07, 6.45) is 64.7. The van der Waals surface area contributed by atoms with Gasteiger partial charge in [-0.2, -0.15) is 0 Å². The second kappa shape index (κ2) is 72.1. The Morgan fingerprint density at radius 2 is 0.560 bits per heavy atom. The summed E-state index contributed by atoms with van der Waals surface area (Å²) in [5.74, 6) is -0.612. The predicted octanol–water partition coefficient (Wildman–Crippen LogP) is 23.8. The van der Waals surface area contributed by atoms with Crippen LogP contribution in [0.25, 0.3) is 0 Å². The van der Waals surface area contributed by atoms with Gasteiger partial charge in [-0.25, -0.2) is 9.13 Å². The van der Waals surface area contributed by atoms with E-state index in [-0.39, 0.29) is 25.7 Å². The second-order valence-electron chi connectivity index (χ2n) is 29.0. The Hall–Kier alpha value is -2.46. The van der Waals surface area contributed by atoms with E-state index in [1.165, 1.54) is 193 Å². The van der Waals surface area contributed by atoms with Gasteiger partial charge in [-0.15, -0.1) is 0 Å². The monoisotopic (exact) mass is 1460 g/mol. The van der Waals surface area contributed by atoms with E-state index in [1.54, 1.807) is 0 Å². The van der Waals surface area contributed by atoms with E-state index in [9.17, 15) is 43.2 Å². The van der Waals surface area contributed by atoms with E-state index in [0.717, 1.165) is 127 Å². The molecule has 0 saturated heterocycles. The molecular formula is C81H154O17P2. The van der Waals surface area contributed by atoms with Gasteiger partial charge in [-0.05, 0) is 63.2 Å². The maximum Gasteiger partial charge on any atom is 0.472 e. The summed E-state index contributed by atoms with van der Waals surface area (Å²) in [5.41, 5.74) is 0. The van der Waals surface area contributed by atoms with Crippen molar-refractivity contribution in [3.05, 3.63) is 24.3 Å². The molecule has 0 rings (SSSR count). The van der Waals surface area contributed by atoms with E-state index in [1.807, 2.05) is 0 Å². The van der Waals surface area contributed by atoms with Gasteiger partial charge in [0.05, 0.1) is 26.4 Å². The summed E-state index contributed by atoms with van der Waals surface area (Å²) in [7, 11) is -9.93. The maximum atomic E-state index is 13.1. The van der Waals surface area contributed by atoms with Gasteiger partial charge in [0.2, 0.25) is 0 Å². The number of aliphatic hydroxyl groups is 1. The van der Waals surface area contributed by atoms with E-state index in [4.69, 9.17) is 37.0 Å². The number of rotatable bonds is 78. The molecule has 100 heavy (non-hydrogen) atoms. The Bertz CT molecular complexity index is 2020. The van der Waals surface area contributed by atoms with Crippen LogP contribution >= 0.6 is 15.6 Å². The van der Waals surface area contributed by atoms with Crippen LogP contribution in [0.4, 0.5) is 0 Å². The highest BCUT2D eigenvalue weighted by molar-refractivity contribution is 7.47. The third kappa shape index (κ3) is 71.2. The molecule has 17 nitrogen and oxygen atoms in total. The first-order valence-electron chi connectivity index (χ1n) is 41.4. The molecule has 0 aromatic heterocycles. The molecule has 19 heteroatoms. The highest BCUT2D eigenvalue weighted by atomic mass is 31.2. The highest BCUT2D eigenvalue weighted by Crippen LogP contribution is 2.45. The highest BCUT2D eigenvalue weighted by Gasteiger charge is 2.30. The molecule has 0 aromatic rings. The van der Waals surface area contributed by atoms with E-state index < -0.39 is 97.5 Å². The average molecular weight is 1460 g/mol. The molecule has 0 bridgehead atoms. The van der Waals surface area contributed by atoms with Gasteiger partial charge in [-0.3, -0.25) is 37.3 Å². The summed E-state index contributed by atoms with van der Waals surface area (Å²) in [4.78, 5) is 73.0. The summed E-state index contributed by atoms with van der Waals surface area (Å²) in [5, 5.41) is 10.6. The number of hydrogen-bond acceptors (Lipinski definition) is 15. The lowest BCUT2D eigenvalue weighted by molar-refractivity contribution is -0.161. The van der Waals surface area contributed by atoms with Gasteiger partial charge >= 0.3 is 39.5 Å². The summed E-state index contributed by atoms with van der Waals surface area (Å²) in [6.45, 7) is 9.54. The zero-order valence-corrected chi connectivity index (χ0v) is 66.8. The minimum atomic E-state index is -4.97. The summed E-state index contributed by atoms with van der Waals surface area (Å²) in [6, 6.07) is 0. The van der Waals surface area contributed by atoms with E-state index >= 15 is 0 Å². The smallest absolute Gasteiger partial charge is 0.462 e. The van der Waals surface area contributed by atoms with Crippen LogP contribution in [0.5, 0.6) is 0 Å². The van der Waals surface area contributed by atoms with Crippen molar-refractivity contribution in [2.24, 2.45) is 11.8 Å². The number of carbonyl (C=O) groups excluding carboxylic acids is 4. The van der Waals surface area contributed by atoms with E-state index in [0.29, 0.717) is 25.7 Å². The van der Waals surface area contributed by atoms with Crippen molar-refractivity contribution < 1.29 is 80.2 Å². The second-order valence-corrected chi connectivity index (χ2v) is 31.9. The van der Waals surface area contributed by atoms with Crippen molar-refractivity contribution in [3.63, 3.8) is 0 Å². The van der Waals surface area contributed by atoms with Crippen LogP contribution in [0, 0.1) is 11.8 Å². The first-order valence-corrected chi connectivity index (χ1v) is 44.4. The molecule has 0 aliphatic heterocycles. The average Bonchev–Trinajstić information content (AvgIpc) is 0.999. The molecule has 0 saturated carbocycles. The zero-order valence-electron chi connectivity index (χ0n) is 65.0. The molecule has 7 atom stereocenters. The van der Waals surface area contributed by atoms with Crippen LogP contribution in [-0.4, -0.2) is 96.7 Å². The van der Waals surface area contributed by atoms with Crippen molar-refractivity contribution >= 4 is 39.5 Å². The number of ether oxygens (including phenoxy) is 4. The lowest BCUT2D eigenvalue weighted by atomic mass is 9.99. The van der Waals surface area contributed by atoms with Crippen LogP contribution in [0.1, 0.15) is 401 Å². The third-order valence-electron chi connectivity index (χ3n) is 19.1. The SMILES string of the molecule is CCCCCC/C=C\C=C/CCCCCCCC(=O)OC[C@H](COP(=O)(O)OC[C@@H](O)COP(=O)(O)OC[C@@H](COC(=O)CCCCCCCCC(C)CC)OC(=O)CCCCCCCCCCCCC(C)CC)OC(=O)CCCCCCCCCCCCCCCCCCCCCCC. The molecule has 0 amide bonds. The normalized spacial score (nSPS) is 14.6. The Morgan fingerprint density at radius 3 is 0.850 bits per heavy atom. The standard InChI is InChI=1S/C81H154O17P2/c1-7-11-13-15-17-19-21-23-25-26-27-28-29-30-32-34-36-41-45-53-59-65-80(85)97-76(69-91-78(83)63-57-51-44-40-35-33-31-24-22-20-18-16-14-12-8-2)71-95-99(87,88)93-67-75(82)68-94-100(89,90)96-72-77(70-92-79(84)64-58-52-48-47-50-56-62-74(6)10-4)98-81(86)66-60-54-46-42-38-37-39-43-49-55-61-73(5)9-3/h20,22,24,31,73-77,82H,7-19,21,23,25-30,32-72H2,1-6H3,(H,87,88)(H,89,90)/b22-20-,31-24-/t73?,74?,75-,76-,77-/m1/s1. The minimum Gasteiger partial charge on any atom is -0.462 e. The molecule has 0 aliphatic carbocycles. The van der Waals surface area contributed by atoms with Crippen molar-refractivity contribution in [2.45, 2.75) is 419 Å². The van der Waals surface area contributed by atoms with Gasteiger partial charge in [0.1, 0.15) is 19.3 Å². The van der Waals surface area contributed by atoms with Crippen LogP contribution < -0.4 is 0 Å². The number of allylic oxidation sites excluding steroid dienone is 4. The summed E-state index contributed by atoms with van der Waals surface area (Å²) < 4.78 is 68.6. The van der Waals surface area contributed by atoms with Crippen molar-refractivity contribution in [3.8, 4) is 0 Å². The Morgan fingerprint density at radius 1 is 0.320 bits per heavy atom. The first-order chi connectivity index (χ1) is 48.4. The number of phosphoric acid groups is 2. The van der Waals surface area contributed by atoms with Crippen LogP contribution in [0.3, 0.4) is 0 Å². The predicted molar refractivity (Wildman–Crippen MR) is 409 cm³/mol. The topological polar surface area (TPSA) is 237 Å². The molecule has 4 unspecified atom stereocenters. The summed E-state index contributed by atoms with van der Waals surface area (Å²) >= 11 is 0. The lowest BCUT2D eigenvalue weighted by Gasteiger charge is -2.21. The van der Waals surface area contributed by atoms with Crippen LogP contribution in [0.15, 0.2) is 24.3 Å². The van der Waals surface area contributed by atoms with Gasteiger partial charge in [0, 0.05) is 25.7 Å². The maximum absolute atomic E-state index is 13.1. The van der Waals surface area contributed by atoms with E-state index in [2.05, 4.69) is 65.8 Å². The number of esters is 4. The molecule has 0 aliphatic rings. The molecule has 0 radical (unpaired) electrons. The van der Waals surface area contributed by atoms with Crippen molar-refractivity contribution in [1.82, 2.24) is 0 Å². The lowest BCUT2D eigenvalue weighted by Crippen LogP contribution is -2.30. The van der Waals surface area contributed by atoms with Gasteiger partial charge in [0.15, 0.2) is 12.2 Å².